The van der Waals surface area contributed by atoms with E-state index < -0.39 is 0 Å². The van der Waals surface area contributed by atoms with Gasteiger partial charge in [-0.1, -0.05) is 15.9 Å². The molecule has 1 aromatic rings. The third kappa shape index (κ3) is 2.37. The Hall–Kier alpha value is -0.630. The van der Waals surface area contributed by atoms with Crippen LogP contribution in [0.3, 0.4) is 0 Å². The molecule has 0 aromatic heterocycles. The zero-order valence-electron chi connectivity index (χ0n) is 8.51. The molecule has 1 aliphatic heterocycles. The van der Waals surface area contributed by atoms with Gasteiger partial charge in [0, 0.05) is 29.7 Å². The molecular formula is C10H10BrIN2O2. The fraction of sp³-hybridized carbons (Fsp3) is 0.200. The molecule has 0 saturated heterocycles. The van der Waals surface area contributed by atoms with E-state index in [1.165, 1.54) is 6.07 Å². The number of nitrogens with zero attached hydrogens (tertiary/aromatic N) is 2. The molecule has 16 heavy (non-hydrogen) atoms. The highest BCUT2D eigenvalue weighted by molar-refractivity contribution is 14.0. The van der Waals surface area contributed by atoms with E-state index in [9.17, 15) is 10.1 Å². The highest BCUT2D eigenvalue weighted by Crippen LogP contribution is 2.33. The second kappa shape index (κ2) is 5.13. The van der Waals surface area contributed by atoms with Crippen LogP contribution in [0.15, 0.2) is 22.8 Å². The van der Waals surface area contributed by atoms with Crippen molar-refractivity contribution in [2.75, 3.05) is 7.05 Å². The molecule has 86 valence electrons. The minimum atomic E-state index is -0.335. The van der Waals surface area contributed by atoms with E-state index in [0.717, 1.165) is 15.6 Å². The highest BCUT2D eigenvalue weighted by atomic mass is 127. The van der Waals surface area contributed by atoms with Crippen LogP contribution in [0.4, 0.5) is 5.69 Å². The van der Waals surface area contributed by atoms with E-state index in [1.54, 1.807) is 6.07 Å². The number of benzene rings is 1. The first-order valence-electron chi connectivity index (χ1n) is 4.44. The Labute approximate surface area is 119 Å². The summed E-state index contributed by atoms with van der Waals surface area (Å²) in [6.45, 7) is 0.571. The van der Waals surface area contributed by atoms with E-state index in [1.807, 2.05) is 24.2 Å². The van der Waals surface area contributed by atoms with Gasteiger partial charge in [0.15, 0.2) is 0 Å². The summed E-state index contributed by atoms with van der Waals surface area (Å²) in [7, 11) is 1.89. The van der Waals surface area contributed by atoms with Gasteiger partial charge in [0.05, 0.1) is 10.5 Å². The van der Waals surface area contributed by atoms with E-state index in [0.29, 0.717) is 6.54 Å². The molecule has 0 radical (unpaired) electrons. The van der Waals surface area contributed by atoms with Gasteiger partial charge in [0.25, 0.3) is 5.69 Å². The molecular weight excluding hydrogens is 387 g/mol. The number of nitro groups is 1. The number of halogens is 2. The Bertz CT molecular complexity index is 462. The van der Waals surface area contributed by atoms with Crippen LogP contribution < -0.4 is 0 Å². The van der Waals surface area contributed by atoms with Gasteiger partial charge in [-0.3, -0.25) is 10.1 Å². The predicted octanol–water partition coefficient (Wildman–Crippen LogP) is 3.39. The van der Waals surface area contributed by atoms with Crippen molar-refractivity contribution in [1.82, 2.24) is 4.90 Å². The minimum absolute atomic E-state index is 0. The SMILES string of the molecule is CN1C=Cc2c(Br)ccc([N+](=O)[O-])c2C1.I. The van der Waals surface area contributed by atoms with Gasteiger partial charge in [-0.25, -0.2) is 0 Å². The Balaban J connectivity index is 0.00000128. The van der Waals surface area contributed by atoms with Gasteiger partial charge < -0.3 is 4.90 Å². The number of hydrogen-bond acceptors (Lipinski definition) is 3. The third-order valence-electron chi connectivity index (χ3n) is 2.38. The average molecular weight is 397 g/mol. The summed E-state index contributed by atoms with van der Waals surface area (Å²) in [4.78, 5) is 12.4. The summed E-state index contributed by atoms with van der Waals surface area (Å²) in [5.74, 6) is 0. The molecule has 1 aliphatic rings. The lowest BCUT2D eigenvalue weighted by Crippen LogP contribution is -2.16. The molecule has 2 rings (SSSR count). The molecule has 0 aliphatic carbocycles. The van der Waals surface area contributed by atoms with Crippen LogP contribution >= 0.6 is 39.9 Å². The molecule has 0 atom stereocenters. The van der Waals surface area contributed by atoms with Gasteiger partial charge >= 0.3 is 0 Å². The molecule has 6 heteroatoms. The summed E-state index contributed by atoms with van der Waals surface area (Å²) >= 11 is 3.39. The fourth-order valence-corrected chi connectivity index (χ4v) is 2.15. The lowest BCUT2D eigenvalue weighted by Gasteiger charge is -2.21. The number of nitro benzene ring substituents is 1. The zero-order chi connectivity index (χ0) is 11.0. The molecule has 1 aromatic carbocycles. The third-order valence-corrected chi connectivity index (χ3v) is 3.07. The van der Waals surface area contributed by atoms with Gasteiger partial charge in [0.1, 0.15) is 0 Å². The van der Waals surface area contributed by atoms with Crippen molar-refractivity contribution >= 4 is 51.7 Å². The molecule has 0 unspecified atom stereocenters. The van der Waals surface area contributed by atoms with Crippen LogP contribution in [0.1, 0.15) is 11.1 Å². The van der Waals surface area contributed by atoms with Gasteiger partial charge in [-0.15, -0.1) is 24.0 Å². The Morgan fingerprint density at radius 2 is 2.19 bits per heavy atom. The molecule has 4 nitrogen and oxygen atoms in total. The molecule has 0 amide bonds. The van der Waals surface area contributed by atoms with Crippen LogP contribution in [0, 0.1) is 10.1 Å². The summed E-state index contributed by atoms with van der Waals surface area (Å²) < 4.78 is 0.896. The lowest BCUT2D eigenvalue weighted by atomic mass is 10.0. The van der Waals surface area contributed by atoms with E-state index in [-0.39, 0.29) is 34.6 Å². The van der Waals surface area contributed by atoms with E-state index in [4.69, 9.17) is 0 Å². The quantitative estimate of drug-likeness (QED) is 0.415. The standard InChI is InChI=1S/C10H9BrN2O2.HI/c1-12-5-4-7-8(6-12)10(13(14)15)3-2-9(7)11;/h2-5H,6H2,1H3;1H. The molecule has 0 saturated carbocycles. The van der Waals surface area contributed by atoms with Crippen LogP contribution in [-0.4, -0.2) is 16.9 Å². The normalized spacial score (nSPS) is 13.0. The Morgan fingerprint density at radius 3 is 2.81 bits per heavy atom. The second-order valence-electron chi connectivity index (χ2n) is 3.45. The predicted molar refractivity (Wildman–Crippen MR) is 76.7 cm³/mol. The number of hydrogen-bond donors (Lipinski definition) is 0. The summed E-state index contributed by atoms with van der Waals surface area (Å²) in [6.07, 6.45) is 3.80. The van der Waals surface area contributed by atoms with Crippen molar-refractivity contribution in [3.8, 4) is 0 Å². The largest absolute Gasteiger partial charge is 0.376 e. The highest BCUT2D eigenvalue weighted by Gasteiger charge is 2.21. The van der Waals surface area contributed by atoms with E-state index >= 15 is 0 Å². The molecule has 0 spiro atoms. The smallest absolute Gasteiger partial charge is 0.275 e. The Morgan fingerprint density at radius 1 is 1.50 bits per heavy atom. The number of fused-ring (bicyclic) bond motifs is 1. The van der Waals surface area contributed by atoms with Crippen molar-refractivity contribution in [2.24, 2.45) is 0 Å². The zero-order valence-corrected chi connectivity index (χ0v) is 12.4. The van der Waals surface area contributed by atoms with Crippen LogP contribution in [0.2, 0.25) is 0 Å². The minimum Gasteiger partial charge on any atom is -0.376 e. The maximum Gasteiger partial charge on any atom is 0.275 e. The Kier molecular flexibility index (Phi) is 4.31. The molecule has 1 heterocycles. The van der Waals surface area contributed by atoms with E-state index in [2.05, 4.69) is 15.9 Å². The lowest BCUT2D eigenvalue weighted by molar-refractivity contribution is -0.385. The van der Waals surface area contributed by atoms with Crippen LogP contribution in [0.5, 0.6) is 0 Å². The first-order chi connectivity index (χ1) is 7.09. The average Bonchev–Trinajstić information content (AvgIpc) is 2.17. The summed E-state index contributed by atoms with van der Waals surface area (Å²) in [5, 5.41) is 10.8. The first kappa shape index (κ1) is 13.4. The summed E-state index contributed by atoms with van der Waals surface area (Å²) in [5.41, 5.74) is 1.85. The van der Waals surface area contributed by atoms with Gasteiger partial charge in [-0.05, 0) is 18.3 Å². The first-order valence-corrected chi connectivity index (χ1v) is 5.23. The maximum absolute atomic E-state index is 10.8. The van der Waals surface area contributed by atoms with Crippen molar-refractivity contribution in [3.63, 3.8) is 0 Å². The topological polar surface area (TPSA) is 46.4 Å². The van der Waals surface area contributed by atoms with Gasteiger partial charge in [-0.2, -0.15) is 0 Å². The monoisotopic (exact) mass is 396 g/mol. The van der Waals surface area contributed by atoms with Gasteiger partial charge in [0.2, 0.25) is 0 Å². The second-order valence-corrected chi connectivity index (χ2v) is 4.30. The molecule has 0 fully saturated rings. The summed E-state index contributed by atoms with van der Waals surface area (Å²) in [6, 6.07) is 3.25. The maximum atomic E-state index is 10.8. The van der Waals surface area contributed by atoms with Crippen molar-refractivity contribution in [3.05, 3.63) is 44.0 Å². The van der Waals surface area contributed by atoms with Crippen molar-refractivity contribution < 1.29 is 4.92 Å². The molecule has 0 N–H and O–H groups in total. The number of rotatable bonds is 1. The fourth-order valence-electron chi connectivity index (χ4n) is 1.65. The van der Waals surface area contributed by atoms with Crippen molar-refractivity contribution in [1.29, 1.82) is 0 Å². The van der Waals surface area contributed by atoms with Crippen LogP contribution in [-0.2, 0) is 6.54 Å². The molecule has 0 bridgehead atoms. The van der Waals surface area contributed by atoms with Crippen molar-refractivity contribution in [2.45, 2.75) is 6.54 Å². The van der Waals surface area contributed by atoms with Crippen LogP contribution in [0.25, 0.3) is 6.08 Å².